The van der Waals surface area contributed by atoms with Crippen molar-refractivity contribution in [2.45, 2.75) is 30.5 Å². The number of hydrogen-bond donors (Lipinski definition) is 1. The van der Waals surface area contributed by atoms with Gasteiger partial charge in [-0.3, -0.25) is 4.98 Å². The number of alkyl halides is 5. The molecule has 3 heterocycles. The average molecular weight is 543 g/mol. The molecule has 3 aromatic heterocycles. The fourth-order valence-corrected chi connectivity index (χ4v) is 4.49. The van der Waals surface area contributed by atoms with Crippen LogP contribution in [0, 0.1) is 0 Å². The number of halogens is 6. The van der Waals surface area contributed by atoms with Crippen molar-refractivity contribution in [2.24, 2.45) is 0 Å². The molecule has 0 aliphatic carbocycles. The lowest BCUT2D eigenvalue weighted by Crippen LogP contribution is -2.41. The first kappa shape index (κ1) is 26.0. The van der Waals surface area contributed by atoms with Crippen LogP contribution in [-0.4, -0.2) is 47.8 Å². The van der Waals surface area contributed by atoms with Crippen LogP contribution in [-0.2, 0) is 16.4 Å². The molecule has 15 heteroatoms. The number of aromatic nitrogens is 3. The molecule has 0 unspecified atom stereocenters. The van der Waals surface area contributed by atoms with Gasteiger partial charge in [-0.1, -0.05) is 18.5 Å². The summed E-state index contributed by atoms with van der Waals surface area (Å²) in [7, 11) is -3.72. The number of hydrogen-bond acceptors (Lipinski definition) is 8. The van der Waals surface area contributed by atoms with Crippen LogP contribution in [0.4, 0.5) is 27.8 Å². The molecule has 3 rings (SSSR count). The molecule has 0 bridgehead atoms. The highest BCUT2D eigenvalue weighted by Crippen LogP contribution is 2.36. The highest BCUT2D eigenvalue weighted by molar-refractivity contribution is 7.91. The Hall–Kier alpha value is -2.58. The predicted octanol–water partition coefficient (Wildman–Crippen LogP) is 5.24. The summed E-state index contributed by atoms with van der Waals surface area (Å²) in [6.07, 6.45) is -3.28. The van der Waals surface area contributed by atoms with Crippen LogP contribution < -0.4 is 10.1 Å². The zero-order valence-electron chi connectivity index (χ0n) is 17.2. The summed E-state index contributed by atoms with van der Waals surface area (Å²) in [4.78, 5) is 12.9. The smallest absolute Gasteiger partial charge is 0.456 e. The molecule has 0 radical (unpaired) electrons. The summed E-state index contributed by atoms with van der Waals surface area (Å²) < 4.78 is 93.0. The molecule has 3 aromatic rings. The van der Waals surface area contributed by atoms with Gasteiger partial charge in [-0.15, -0.1) is 11.3 Å². The van der Waals surface area contributed by atoms with Gasteiger partial charge in [-0.2, -0.15) is 22.0 Å². The first-order chi connectivity index (χ1) is 15.8. The van der Waals surface area contributed by atoms with E-state index in [2.05, 4.69) is 25.0 Å². The Balaban J connectivity index is 1.86. The molecule has 34 heavy (non-hydrogen) atoms. The van der Waals surface area contributed by atoms with Gasteiger partial charge in [0.05, 0.1) is 29.1 Å². The van der Waals surface area contributed by atoms with E-state index < -0.39 is 28.5 Å². The Labute approximate surface area is 199 Å². The third kappa shape index (κ3) is 6.10. The number of thiazole rings is 1. The normalized spacial score (nSPS) is 12.6. The Kier molecular flexibility index (Phi) is 7.62. The summed E-state index contributed by atoms with van der Waals surface area (Å²) in [5.41, 5.74) is 0.0211. The maximum absolute atomic E-state index is 13.1. The van der Waals surface area contributed by atoms with E-state index in [0.29, 0.717) is 16.8 Å². The third-order valence-electron chi connectivity index (χ3n) is 4.36. The van der Waals surface area contributed by atoms with E-state index in [-0.39, 0.29) is 27.8 Å². The largest absolute Gasteiger partial charge is 0.485 e. The van der Waals surface area contributed by atoms with Crippen molar-refractivity contribution in [2.75, 3.05) is 17.7 Å². The van der Waals surface area contributed by atoms with Gasteiger partial charge >= 0.3 is 12.1 Å². The Morgan fingerprint density at radius 2 is 1.82 bits per heavy atom. The first-order valence-electron chi connectivity index (χ1n) is 9.44. The van der Waals surface area contributed by atoms with Crippen LogP contribution in [0.2, 0.25) is 4.47 Å². The maximum Gasteiger partial charge on any atom is 0.456 e. The van der Waals surface area contributed by atoms with Crippen molar-refractivity contribution in [1.82, 2.24) is 15.0 Å². The molecule has 1 N–H and O–H groups in total. The zero-order chi connectivity index (χ0) is 25.1. The predicted molar refractivity (Wildman–Crippen MR) is 116 cm³/mol. The summed E-state index contributed by atoms with van der Waals surface area (Å²) in [5.74, 6) is -5.31. The van der Waals surface area contributed by atoms with E-state index >= 15 is 0 Å². The Bertz CT molecular complexity index is 1250. The minimum Gasteiger partial charge on any atom is -0.485 e. The molecule has 0 spiro atoms. The fourth-order valence-electron chi connectivity index (χ4n) is 2.54. The Morgan fingerprint density at radius 1 is 1.09 bits per heavy atom. The summed E-state index contributed by atoms with van der Waals surface area (Å²) >= 11 is 7.04. The van der Waals surface area contributed by atoms with Crippen molar-refractivity contribution in [1.29, 1.82) is 0 Å². The van der Waals surface area contributed by atoms with E-state index in [9.17, 15) is 30.4 Å². The van der Waals surface area contributed by atoms with Crippen LogP contribution in [0.3, 0.4) is 0 Å². The number of sulfone groups is 1. The molecule has 0 aliphatic rings. The van der Waals surface area contributed by atoms with Crippen LogP contribution in [0.5, 0.6) is 5.75 Å². The molecule has 0 saturated carbocycles. The number of ether oxygens (including phenoxy) is 1. The molecular formula is C19H16ClF5N4O3S2. The van der Waals surface area contributed by atoms with Gasteiger partial charge in [0, 0.05) is 11.1 Å². The second kappa shape index (κ2) is 9.96. The molecular weight excluding hydrogens is 527 g/mol. The van der Waals surface area contributed by atoms with Gasteiger partial charge in [-0.25, -0.2) is 18.4 Å². The van der Waals surface area contributed by atoms with E-state index in [0.717, 1.165) is 17.1 Å². The van der Waals surface area contributed by atoms with E-state index in [4.69, 9.17) is 11.6 Å². The third-order valence-corrected chi connectivity index (χ3v) is 7.23. The number of anilines is 1. The first-order valence-corrected chi connectivity index (χ1v) is 12.3. The molecule has 0 amide bonds. The van der Waals surface area contributed by atoms with E-state index in [1.807, 2.05) is 0 Å². The lowest BCUT2D eigenvalue weighted by molar-refractivity contribution is -0.290. The minimum atomic E-state index is -5.76. The average Bonchev–Trinajstić information content (AvgIpc) is 3.21. The molecule has 184 valence electrons. The fraction of sp³-hybridized carbons (Fsp3) is 0.316. The highest BCUT2D eigenvalue weighted by atomic mass is 35.5. The second-order valence-electron chi connectivity index (χ2n) is 6.75. The minimum absolute atomic E-state index is 0.0265. The van der Waals surface area contributed by atoms with Crippen molar-refractivity contribution >= 4 is 38.6 Å². The van der Waals surface area contributed by atoms with Crippen LogP contribution in [0.1, 0.15) is 11.8 Å². The van der Waals surface area contributed by atoms with Gasteiger partial charge in [0.1, 0.15) is 17.3 Å². The van der Waals surface area contributed by atoms with Crippen molar-refractivity contribution in [3.05, 3.63) is 46.0 Å². The van der Waals surface area contributed by atoms with Gasteiger partial charge < -0.3 is 10.1 Å². The molecule has 0 aliphatic heterocycles. The van der Waals surface area contributed by atoms with Crippen molar-refractivity contribution < 1.29 is 35.1 Å². The second-order valence-corrected chi connectivity index (χ2v) is 10.7. The Morgan fingerprint density at radius 3 is 2.38 bits per heavy atom. The SMILES string of the molecule is CCS(=O)(=O)c1ccc(NCc2cnc(Cl)s2)nc1-c1ccc(OCC(F)(F)C(F)(F)F)cn1. The lowest BCUT2D eigenvalue weighted by atomic mass is 10.2. The van der Waals surface area contributed by atoms with E-state index in [1.54, 1.807) is 6.20 Å². The molecule has 0 aromatic carbocycles. The van der Waals surface area contributed by atoms with Gasteiger partial charge in [0.15, 0.2) is 20.9 Å². The number of rotatable bonds is 9. The standard InChI is InChI=1S/C19H16ClF5N4O3S2/c1-2-34(30,31)14-5-6-15(27-8-12-9-28-17(20)33-12)29-16(14)13-4-3-11(7-26-13)32-10-18(21,22)19(23,24)25/h3-7,9H,2,8,10H2,1H3,(H,27,29). The molecule has 0 fully saturated rings. The maximum atomic E-state index is 13.1. The topological polar surface area (TPSA) is 94.1 Å². The van der Waals surface area contributed by atoms with Crippen molar-refractivity contribution in [3.8, 4) is 17.1 Å². The van der Waals surface area contributed by atoms with Crippen molar-refractivity contribution in [3.63, 3.8) is 0 Å². The quantitative estimate of drug-likeness (QED) is 0.370. The van der Waals surface area contributed by atoms with Crippen LogP contribution in [0.15, 0.2) is 41.6 Å². The lowest BCUT2D eigenvalue weighted by Gasteiger charge is -2.19. The number of pyridine rings is 2. The number of nitrogens with one attached hydrogen (secondary N) is 1. The highest BCUT2D eigenvalue weighted by Gasteiger charge is 2.58. The zero-order valence-corrected chi connectivity index (χ0v) is 19.6. The summed E-state index contributed by atoms with van der Waals surface area (Å²) in [6, 6.07) is 5.12. The monoisotopic (exact) mass is 542 g/mol. The van der Waals surface area contributed by atoms with Gasteiger partial charge in [0.2, 0.25) is 0 Å². The van der Waals surface area contributed by atoms with Gasteiger partial charge in [-0.05, 0) is 24.3 Å². The van der Waals surface area contributed by atoms with E-state index in [1.165, 1.54) is 36.5 Å². The molecule has 0 saturated heterocycles. The molecule has 0 atom stereocenters. The van der Waals surface area contributed by atoms with Gasteiger partial charge in [0.25, 0.3) is 0 Å². The summed E-state index contributed by atoms with van der Waals surface area (Å²) in [5, 5.41) is 3.01. The number of nitrogens with zero attached hydrogens (tertiary/aromatic N) is 3. The summed E-state index contributed by atoms with van der Waals surface area (Å²) in [6.45, 7) is -0.166. The van der Waals surface area contributed by atoms with Crippen LogP contribution in [0.25, 0.3) is 11.4 Å². The molecule has 7 nitrogen and oxygen atoms in total. The van der Waals surface area contributed by atoms with Crippen LogP contribution >= 0.6 is 22.9 Å².